The van der Waals surface area contributed by atoms with Crippen molar-refractivity contribution in [3.05, 3.63) is 0 Å². The molecular formula is C11H21N3. The highest BCUT2D eigenvalue weighted by Crippen LogP contribution is 2.21. The number of nitriles is 1. The van der Waals surface area contributed by atoms with Gasteiger partial charge in [0.05, 0.1) is 12.1 Å². The molecule has 2 unspecified atom stereocenters. The van der Waals surface area contributed by atoms with Crippen molar-refractivity contribution in [2.24, 2.45) is 11.7 Å². The molecule has 1 rings (SSSR count). The molecule has 0 aliphatic carbocycles. The van der Waals surface area contributed by atoms with Crippen LogP contribution in [0.3, 0.4) is 0 Å². The van der Waals surface area contributed by atoms with E-state index in [1.54, 1.807) is 0 Å². The van der Waals surface area contributed by atoms with E-state index >= 15 is 0 Å². The van der Waals surface area contributed by atoms with Crippen LogP contribution in [0.4, 0.5) is 0 Å². The second kappa shape index (κ2) is 6.00. The molecule has 3 heteroatoms. The fourth-order valence-corrected chi connectivity index (χ4v) is 2.28. The first-order chi connectivity index (χ1) is 6.81. The minimum absolute atomic E-state index is 0.121. The van der Waals surface area contributed by atoms with Gasteiger partial charge < -0.3 is 5.73 Å². The van der Waals surface area contributed by atoms with Crippen molar-refractivity contribution in [2.75, 3.05) is 19.6 Å². The van der Waals surface area contributed by atoms with E-state index in [0.717, 1.165) is 38.4 Å². The molecule has 1 heterocycles. The Morgan fingerprint density at radius 1 is 1.64 bits per heavy atom. The van der Waals surface area contributed by atoms with Crippen LogP contribution in [0, 0.1) is 17.2 Å². The quantitative estimate of drug-likeness (QED) is 0.736. The smallest absolute Gasteiger partial charge is 0.0975 e. The summed E-state index contributed by atoms with van der Waals surface area (Å²) in [6.07, 6.45) is 4.56. The zero-order chi connectivity index (χ0) is 10.4. The monoisotopic (exact) mass is 195 g/mol. The molecule has 0 bridgehead atoms. The van der Waals surface area contributed by atoms with Crippen LogP contribution in [0.2, 0.25) is 0 Å². The zero-order valence-electron chi connectivity index (χ0n) is 9.08. The van der Waals surface area contributed by atoms with Gasteiger partial charge in [-0.1, -0.05) is 6.92 Å². The largest absolute Gasteiger partial charge is 0.330 e. The Hall–Kier alpha value is -0.590. The van der Waals surface area contributed by atoms with Gasteiger partial charge in [-0.2, -0.15) is 5.26 Å². The second-order valence-electron chi connectivity index (χ2n) is 4.13. The normalized spacial score (nSPS) is 25.6. The topological polar surface area (TPSA) is 53.0 Å². The van der Waals surface area contributed by atoms with Crippen molar-refractivity contribution < 1.29 is 0 Å². The second-order valence-corrected chi connectivity index (χ2v) is 4.13. The van der Waals surface area contributed by atoms with E-state index < -0.39 is 0 Å². The van der Waals surface area contributed by atoms with Gasteiger partial charge in [-0.05, 0) is 44.7 Å². The van der Waals surface area contributed by atoms with Crippen molar-refractivity contribution in [3.8, 4) is 6.07 Å². The summed E-state index contributed by atoms with van der Waals surface area (Å²) in [5.74, 6) is 0.719. The van der Waals surface area contributed by atoms with Gasteiger partial charge in [0, 0.05) is 6.54 Å². The van der Waals surface area contributed by atoms with E-state index in [2.05, 4.69) is 17.9 Å². The van der Waals surface area contributed by atoms with Crippen molar-refractivity contribution in [2.45, 2.75) is 38.6 Å². The predicted octanol–water partition coefficient (Wildman–Crippen LogP) is 1.35. The molecule has 1 saturated heterocycles. The third-order valence-electron chi connectivity index (χ3n) is 3.10. The highest BCUT2D eigenvalue weighted by atomic mass is 15.2. The molecular weight excluding hydrogens is 174 g/mol. The van der Waals surface area contributed by atoms with Gasteiger partial charge in [0.2, 0.25) is 0 Å². The number of hydrogen-bond donors (Lipinski definition) is 1. The van der Waals surface area contributed by atoms with Crippen LogP contribution in [0.15, 0.2) is 0 Å². The number of likely N-dealkylation sites (tertiary alicyclic amines) is 1. The average molecular weight is 195 g/mol. The first-order valence-electron chi connectivity index (χ1n) is 5.65. The Balaban J connectivity index is 2.43. The molecule has 0 aromatic carbocycles. The zero-order valence-corrected chi connectivity index (χ0v) is 9.08. The molecule has 2 N–H and O–H groups in total. The Morgan fingerprint density at radius 3 is 3.00 bits per heavy atom. The molecule has 0 amide bonds. The molecule has 0 spiro atoms. The van der Waals surface area contributed by atoms with E-state index in [9.17, 15) is 0 Å². The van der Waals surface area contributed by atoms with E-state index in [4.69, 9.17) is 11.0 Å². The summed E-state index contributed by atoms with van der Waals surface area (Å²) in [7, 11) is 0. The van der Waals surface area contributed by atoms with Crippen LogP contribution >= 0.6 is 0 Å². The Morgan fingerprint density at radius 2 is 2.43 bits per heavy atom. The minimum atomic E-state index is 0.121. The van der Waals surface area contributed by atoms with E-state index in [0.29, 0.717) is 0 Å². The number of piperidine rings is 1. The van der Waals surface area contributed by atoms with Crippen LogP contribution in [-0.2, 0) is 0 Å². The van der Waals surface area contributed by atoms with Crippen LogP contribution < -0.4 is 5.73 Å². The maximum absolute atomic E-state index is 8.98. The summed E-state index contributed by atoms with van der Waals surface area (Å²) in [5, 5.41) is 8.98. The van der Waals surface area contributed by atoms with Gasteiger partial charge in [0.25, 0.3) is 0 Å². The molecule has 0 radical (unpaired) electrons. The van der Waals surface area contributed by atoms with E-state index in [-0.39, 0.29) is 6.04 Å². The maximum atomic E-state index is 8.98. The molecule has 1 aliphatic rings. The summed E-state index contributed by atoms with van der Waals surface area (Å²) in [6.45, 7) is 5.03. The summed E-state index contributed by atoms with van der Waals surface area (Å²) in [5.41, 5.74) is 5.56. The number of rotatable bonds is 4. The standard InChI is InChI=1S/C11H21N3/c1-2-11(8-13)14-7-3-4-10(9-14)5-6-12/h10-11H,2-7,9,12H2,1H3. The van der Waals surface area contributed by atoms with Gasteiger partial charge >= 0.3 is 0 Å². The average Bonchev–Trinajstić information content (AvgIpc) is 2.21. The van der Waals surface area contributed by atoms with Crippen molar-refractivity contribution >= 4 is 0 Å². The summed E-state index contributed by atoms with van der Waals surface area (Å²) < 4.78 is 0. The van der Waals surface area contributed by atoms with E-state index in [1.807, 2.05) is 0 Å². The first kappa shape index (κ1) is 11.5. The van der Waals surface area contributed by atoms with Crippen LogP contribution in [0.5, 0.6) is 0 Å². The number of hydrogen-bond acceptors (Lipinski definition) is 3. The van der Waals surface area contributed by atoms with Gasteiger partial charge in [-0.25, -0.2) is 0 Å². The molecule has 3 nitrogen and oxygen atoms in total. The number of nitrogens with two attached hydrogens (primary N) is 1. The Kier molecular flexibility index (Phi) is 4.92. The van der Waals surface area contributed by atoms with Gasteiger partial charge in [0.15, 0.2) is 0 Å². The van der Waals surface area contributed by atoms with Crippen LogP contribution in [0.25, 0.3) is 0 Å². The molecule has 0 aromatic rings. The molecule has 80 valence electrons. The lowest BCUT2D eigenvalue weighted by Crippen LogP contribution is -2.42. The van der Waals surface area contributed by atoms with Crippen LogP contribution in [-0.4, -0.2) is 30.6 Å². The predicted molar refractivity (Wildman–Crippen MR) is 57.7 cm³/mol. The van der Waals surface area contributed by atoms with E-state index in [1.165, 1.54) is 12.8 Å². The van der Waals surface area contributed by atoms with Crippen molar-refractivity contribution in [1.29, 1.82) is 5.26 Å². The molecule has 2 atom stereocenters. The van der Waals surface area contributed by atoms with Crippen LogP contribution in [0.1, 0.15) is 32.6 Å². The lowest BCUT2D eigenvalue weighted by molar-refractivity contribution is 0.142. The number of nitrogens with zero attached hydrogens (tertiary/aromatic N) is 2. The molecule has 14 heavy (non-hydrogen) atoms. The van der Waals surface area contributed by atoms with Gasteiger partial charge in [0.1, 0.15) is 0 Å². The summed E-state index contributed by atoms with van der Waals surface area (Å²) >= 11 is 0. The van der Waals surface area contributed by atoms with Crippen molar-refractivity contribution in [1.82, 2.24) is 4.90 Å². The molecule has 1 aliphatic heterocycles. The van der Waals surface area contributed by atoms with Gasteiger partial charge in [-0.3, -0.25) is 4.90 Å². The SMILES string of the molecule is CCC(C#N)N1CCCC(CCN)C1. The summed E-state index contributed by atoms with van der Waals surface area (Å²) in [6, 6.07) is 2.50. The van der Waals surface area contributed by atoms with Crippen molar-refractivity contribution in [3.63, 3.8) is 0 Å². The maximum Gasteiger partial charge on any atom is 0.0975 e. The third kappa shape index (κ3) is 2.97. The fraction of sp³-hybridized carbons (Fsp3) is 0.909. The Bertz CT molecular complexity index is 195. The lowest BCUT2D eigenvalue weighted by Gasteiger charge is -2.35. The molecule has 0 aromatic heterocycles. The molecule has 0 saturated carbocycles. The minimum Gasteiger partial charge on any atom is -0.330 e. The fourth-order valence-electron chi connectivity index (χ4n) is 2.28. The first-order valence-corrected chi connectivity index (χ1v) is 5.65. The lowest BCUT2D eigenvalue weighted by atomic mass is 9.93. The van der Waals surface area contributed by atoms with Gasteiger partial charge in [-0.15, -0.1) is 0 Å². The highest BCUT2D eigenvalue weighted by molar-refractivity contribution is 4.92. The Labute approximate surface area is 86.9 Å². The highest BCUT2D eigenvalue weighted by Gasteiger charge is 2.23. The third-order valence-corrected chi connectivity index (χ3v) is 3.10. The molecule has 1 fully saturated rings. The summed E-state index contributed by atoms with van der Waals surface area (Å²) in [4.78, 5) is 2.32.